The molecule has 0 aliphatic rings. The first kappa shape index (κ1) is 15.1. The van der Waals surface area contributed by atoms with Crippen molar-refractivity contribution in [1.82, 2.24) is 0 Å². The molecule has 0 aromatic heterocycles. The lowest BCUT2D eigenvalue weighted by atomic mass is 10.2. The normalized spacial score (nSPS) is 11.2. The lowest BCUT2D eigenvalue weighted by molar-refractivity contribution is 0.415. The summed E-state index contributed by atoms with van der Waals surface area (Å²) in [5.41, 5.74) is 1.52. The molecular weight excluding hydrogens is 389 g/mol. The number of nitrogens with one attached hydrogen (secondary N) is 1. The van der Waals surface area contributed by atoms with E-state index in [1.54, 1.807) is 49.6 Å². The van der Waals surface area contributed by atoms with Gasteiger partial charge in [-0.3, -0.25) is 4.72 Å². The van der Waals surface area contributed by atoms with E-state index in [0.717, 1.165) is 9.13 Å². The largest absolute Gasteiger partial charge is 0.497 e. The second kappa shape index (κ2) is 6.01. The number of rotatable bonds is 4. The van der Waals surface area contributed by atoms with Crippen molar-refractivity contribution >= 4 is 38.3 Å². The molecule has 0 radical (unpaired) electrons. The molecular formula is C14H14INO3S. The van der Waals surface area contributed by atoms with Gasteiger partial charge in [-0.25, -0.2) is 8.42 Å². The number of hydrogen-bond donors (Lipinski definition) is 1. The minimum atomic E-state index is -3.59. The number of benzene rings is 2. The summed E-state index contributed by atoms with van der Waals surface area (Å²) >= 11 is 2.08. The second-order valence-corrected chi connectivity index (χ2v) is 7.11. The Balaban J connectivity index is 2.35. The second-order valence-electron chi connectivity index (χ2n) is 4.26. The van der Waals surface area contributed by atoms with Crippen LogP contribution in [0.5, 0.6) is 5.75 Å². The van der Waals surface area contributed by atoms with Gasteiger partial charge in [0, 0.05) is 9.64 Å². The molecule has 0 atom stereocenters. The molecule has 2 aromatic rings. The highest BCUT2D eigenvalue weighted by molar-refractivity contribution is 14.1. The molecule has 0 aliphatic heterocycles. The fourth-order valence-electron chi connectivity index (χ4n) is 1.63. The number of halogens is 1. The van der Waals surface area contributed by atoms with E-state index in [-0.39, 0.29) is 4.90 Å². The number of anilines is 1. The zero-order valence-electron chi connectivity index (χ0n) is 11.1. The molecule has 0 saturated carbocycles. The van der Waals surface area contributed by atoms with Crippen LogP contribution in [0.25, 0.3) is 0 Å². The smallest absolute Gasteiger partial charge is 0.261 e. The van der Waals surface area contributed by atoms with Crippen LogP contribution in [0, 0.1) is 10.5 Å². The van der Waals surface area contributed by atoms with Gasteiger partial charge in [-0.15, -0.1) is 0 Å². The first-order valence-electron chi connectivity index (χ1n) is 5.85. The maximum Gasteiger partial charge on any atom is 0.261 e. The minimum Gasteiger partial charge on any atom is -0.497 e. The summed E-state index contributed by atoms with van der Waals surface area (Å²) < 4.78 is 33.1. The zero-order chi connectivity index (χ0) is 14.8. The molecule has 0 spiro atoms. The van der Waals surface area contributed by atoms with E-state index in [0.29, 0.717) is 11.4 Å². The van der Waals surface area contributed by atoms with Crippen molar-refractivity contribution in [3.8, 4) is 5.75 Å². The zero-order valence-corrected chi connectivity index (χ0v) is 14.0. The summed E-state index contributed by atoms with van der Waals surface area (Å²) in [6, 6.07) is 12.0. The number of hydrogen-bond acceptors (Lipinski definition) is 3. The molecule has 0 amide bonds. The van der Waals surface area contributed by atoms with Gasteiger partial charge >= 0.3 is 0 Å². The average molecular weight is 403 g/mol. The molecule has 106 valence electrons. The summed E-state index contributed by atoms with van der Waals surface area (Å²) in [6.07, 6.45) is 0. The number of sulfonamides is 1. The standard InChI is InChI=1S/C14H14INO3S/c1-10-3-6-12(7-4-10)20(17,18)16-14-9-11(19-2)5-8-13(14)15/h3-9,16H,1-2H3. The van der Waals surface area contributed by atoms with Crippen LogP contribution in [-0.2, 0) is 10.0 Å². The van der Waals surface area contributed by atoms with Crippen molar-refractivity contribution in [3.05, 3.63) is 51.6 Å². The van der Waals surface area contributed by atoms with E-state index in [1.165, 1.54) is 0 Å². The van der Waals surface area contributed by atoms with Gasteiger partial charge in [-0.2, -0.15) is 0 Å². The van der Waals surface area contributed by atoms with Gasteiger partial charge in [0.05, 0.1) is 17.7 Å². The lowest BCUT2D eigenvalue weighted by Gasteiger charge is -2.11. The van der Waals surface area contributed by atoms with Gasteiger partial charge < -0.3 is 4.74 Å². The average Bonchev–Trinajstić information content (AvgIpc) is 2.41. The molecule has 20 heavy (non-hydrogen) atoms. The summed E-state index contributed by atoms with van der Waals surface area (Å²) in [7, 11) is -2.05. The maximum absolute atomic E-state index is 12.3. The predicted molar refractivity (Wildman–Crippen MR) is 87.7 cm³/mol. The van der Waals surface area contributed by atoms with Gasteiger partial charge in [0.25, 0.3) is 10.0 Å². The van der Waals surface area contributed by atoms with Crippen molar-refractivity contribution in [3.63, 3.8) is 0 Å². The molecule has 2 rings (SSSR count). The van der Waals surface area contributed by atoms with E-state index >= 15 is 0 Å². The number of ether oxygens (including phenoxy) is 1. The van der Waals surface area contributed by atoms with Crippen molar-refractivity contribution < 1.29 is 13.2 Å². The molecule has 0 bridgehead atoms. The molecule has 0 aliphatic carbocycles. The number of aryl methyl sites for hydroxylation is 1. The highest BCUT2D eigenvalue weighted by Crippen LogP contribution is 2.26. The van der Waals surface area contributed by atoms with Gasteiger partial charge in [-0.05, 0) is 53.8 Å². The first-order valence-corrected chi connectivity index (χ1v) is 8.41. The summed E-state index contributed by atoms with van der Waals surface area (Å²) in [5.74, 6) is 0.604. The van der Waals surface area contributed by atoms with Crippen molar-refractivity contribution in [2.75, 3.05) is 11.8 Å². The topological polar surface area (TPSA) is 55.4 Å². The third-order valence-electron chi connectivity index (χ3n) is 2.75. The van der Waals surface area contributed by atoms with Crippen LogP contribution in [0.4, 0.5) is 5.69 Å². The van der Waals surface area contributed by atoms with Crippen LogP contribution >= 0.6 is 22.6 Å². The van der Waals surface area contributed by atoms with Crippen molar-refractivity contribution in [1.29, 1.82) is 0 Å². The van der Waals surface area contributed by atoms with Gasteiger partial charge in [0.15, 0.2) is 0 Å². The van der Waals surface area contributed by atoms with E-state index in [2.05, 4.69) is 27.3 Å². The fraction of sp³-hybridized carbons (Fsp3) is 0.143. The Kier molecular flexibility index (Phi) is 4.54. The Morgan fingerprint density at radius 3 is 2.35 bits per heavy atom. The molecule has 0 saturated heterocycles. The van der Waals surface area contributed by atoms with Crippen LogP contribution in [0.3, 0.4) is 0 Å². The molecule has 6 heteroatoms. The summed E-state index contributed by atoms with van der Waals surface area (Å²) in [4.78, 5) is 0.238. The predicted octanol–water partition coefficient (Wildman–Crippen LogP) is 3.41. The fourth-order valence-corrected chi connectivity index (χ4v) is 3.35. The Morgan fingerprint density at radius 1 is 1.10 bits per heavy atom. The molecule has 0 fully saturated rings. The highest BCUT2D eigenvalue weighted by atomic mass is 127. The van der Waals surface area contributed by atoms with E-state index in [9.17, 15) is 8.42 Å². The number of methoxy groups -OCH3 is 1. The molecule has 1 N–H and O–H groups in total. The van der Waals surface area contributed by atoms with Gasteiger partial charge in [0.1, 0.15) is 5.75 Å². The first-order chi connectivity index (χ1) is 9.42. The maximum atomic E-state index is 12.3. The quantitative estimate of drug-likeness (QED) is 0.797. The molecule has 4 nitrogen and oxygen atoms in total. The van der Waals surface area contributed by atoms with Gasteiger partial charge in [-0.1, -0.05) is 17.7 Å². The Hall–Kier alpha value is -1.28. The summed E-state index contributed by atoms with van der Waals surface area (Å²) in [5, 5.41) is 0. The molecule has 0 unspecified atom stereocenters. The van der Waals surface area contributed by atoms with Crippen LogP contribution in [-0.4, -0.2) is 15.5 Å². The van der Waals surface area contributed by atoms with Crippen LogP contribution in [0.2, 0.25) is 0 Å². The Morgan fingerprint density at radius 2 is 1.75 bits per heavy atom. The van der Waals surface area contributed by atoms with Crippen LogP contribution in [0.1, 0.15) is 5.56 Å². The van der Waals surface area contributed by atoms with E-state index in [1.807, 2.05) is 6.92 Å². The van der Waals surface area contributed by atoms with Gasteiger partial charge in [0.2, 0.25) is 0 Å². The third-order valence-corrected chi connectivity index (χ3v) is 5.07. The van der Waals surface area contributed by atoms with Crippen LogP contribution < -0.4 is 9.46 Å². The van der Waals surface area contributed by atoms with Crippen molar-refractivity contribution in [2.45, 2.75) is 11.8 Å². The highest BCUT2D eigenvalue weighted by Gasteiger charge is 2.15. The van der Waals surface area contributed by atoms with Crippen LogP contribution in [0.15, 0.2) is 47.4 Å². The van der Waals surface area contributed by atoms with E-state index in [4.69, 9.17) is 4.74 Å². The third kappa shape index (κ3) is 3.43. The Labute approximate surface area is 132 Å². The SMILES string of the molecule is COc1ccc(I)c(NS(=O)(=O)c2ccc(C)cc2)c1. The lowest BCUT2D eigenvalue weighted by Crippen LogP contribution is -2.13. The van der Waals surface area contributed by atoms with Crippen molar-refractivity contribution in [2.24, 2.45) is 0 Å². The van der Waals surface area contributed by atoms with E-state index < -0.39 is 10.0 Å². The molecule has 0 heterocycles. The monoisotopic (exact) mass is 403 g/mol. The minimum absolute atomic E-state index is 0.238. The summed E-state index contributed by atoms with van der Waals surface area (Å²) in [6.45, 7) is 1.91. The Bertz CT molecular complexity index is 712. The molecule has 2 aromatic carbocycles.